The van der Waals surface area contributed by atoms with Crippen LogP contribution in [0.4, 0.5) is 0 Å². The van der Waals surface area contributed by atoms with Crippen molar-refractivity contribution < 1.29 is 13.2 Å². The van der Waals surface area contributed by atoms with Crippen molar-refractivity contribution in [3.05, 3.63) is 28.7 Å². The minimum atomic E-state index is -3.58. The van der Waals surface area contributed by atoms with Gasteiger partial charge in [-0.15, -0.1) is 0 Å². The second-order valence-electron chi connectivity index (χ2n) is 6.58. The van der Waals surface area contributed by atoms with E-state index in [1.807, 2.05) is 6.92 Å². The summed E-state index contributed by atoms with van der Waals surface area (Å²) in [5.41, 5.74) is 1.18. The van der Waals surface area contributed by atoms with Crippen LogP contribution in [0.3, 0.4) is 0 Å². The molecule has 138 valence electrons. The smallest absolute Gasteiger partial charge is 0.328 e. The number of imidazole rings is 1. The molecule has 0 aliphatic carbocycles. The van der Waals surface area contributed by atoms with Crippen LogP contribution in [-0.2, 0) is 28.9 Å². The molecule has 3 rings (SSSR count). The standard InChI is InChI=1S/C17H25N3O4S/c1-4-24-12-13-6-5-9-20(11-13)25(22,23)14-7-8-15-16(10-14)19(3)17(21)18(15)2/h7-8,10,13H,4-6,9,11-12H2,1-3H3. The summed E-state index contributed by atoms with van der Waals surface area (Å²) in [7, 11) is -0.243. The van der Waals surface area contributed by atoms with E-state index in [9.17, 15) is 13.2 Å². The summed E-state index contributed by atoms with van der Waals surface area (Å²) in [6, 6.07) is 4.88. The number of piperidine rings is 1. The Labute approximate surface area is 147 Å². The fourth-order valence-electron chi connectivity index (χ4n) is 3.46. The molecule has 0 saturated carbocycles. The Kier molecular flexibility index (Phi) is 5.04. The van der Waals surface area contributed by atoms with Crippen molar-refractivity contribution in [1.29, 1.82) is 0 Å². The molecule has 1 fully saturated rings. The Morgan fingerprint density at radius 1 is 1.20 bits per heavy atom. The minimum absolute atomic E-state index is 0.167. The van der Waals surface area contributed by atoms with Crippen LogP contribution in [0.2, 0.25) is 0 Å². The molecule has 2 aromatic rings. The number of benzene rings is 1. The lowest BCUT2D eigenvalue weighted by Crippen LogP contribution is -2.41. The normalized spacial score (nSPS) is 19.6. The molecule has 1 aromatic heterocycles. The molecule has 0 radical (unpaired) electrons. The van der Waals surface area contributed by atoms with Crippen molar-refractivity contribution in [3.63, 3.8) is 0 Å². The molecular weight excluding hydrogens is 342 g/mol. The molecule has 2 heterocycles. The second-order valence-corrected chi connectivity index (χ2v) is 8.52. The number of ether oxygens (including phenoxy) is 1. The van der Waals surface area contributed by atoms with Gasteiger partial charge in [0.1, 0.15) is 0 Å². The number of aryl methyl sites for hydroxylation is 2. The van der Waals surface area contributed by atoms with Crippen LogP contribution in [-0.4, -0.2) is 48.2 Å². The first-order chi connectivity index (χ1) is 11.9. The third-order valence-corrected chi connectivity index (χ3v) is 6.78. The van der Waals surface area contributed by atoms with E-state index in [4.69, 9.17) is 4.74 Å². The van der Waals surface area contributed by atoms with E-state index < -0.39 is 10.0 Å². The summed E-state index contributed by atoms with van der Waals surface area (Å²) in [5.74, 6) is 0.230. The van der Waals surface area contributed by atoms with Crippen molar-refractivity contribution in [2.45, 2.75) is 24.7 Å². The summed E-state index contributed by atoms with van der Waals surface area (Å²) >= 11 is 0. The SMILES string of the molecule is CCOCC1CCCN(S(=O)(=O)c2ccc3c(c2)n(C)c(=O)n3C)C1. The molecule has 1 unspecified atom stereocenters. The van der Waals surface area contributed by atoms with E-state index in [2.05, 4.69) is 0 Å². The van der Waals surface area contributed by atoms with Crippen LogP contribution < -0.4 is 5.69 Å². The number of nitrogens with zero attached hydrogens (tertiary/aromatic N) is 3. The van der Waals surface area contributed by atoms with Crippen molar-refractivity contribution in [2.75, 3.05) is 26.3 Å². The van der Waals surface area contributed by atoms with Gasteiger partial charge in [0, 0.05) is 33.8 Å². The van der Waals surface area contributed by atoms with E-state index in [0.717, 1.165) is 18.4 Å². The van der Waals surface area contributed by atoms with Gasteiger partial charge in [-0.05, 0) is 43.9 Å². The molecule has 0 bridgehead atoms. The van der Waals surface area contributed by atoms with E-state index in [0.29, 0.717) is 31.8 Å². The van der Waals surface area contributed by atoms with E-state index >= 15 is 0 Å². The molecule has 0 spiro atoms. The van der Waals surface area contributed by atoms with Crippen LogP contribution in [0.15, 0.2) is 27.9 Å². The lowest BCUT2D eigenvalue weighted by atomic mass is 10.0. The number of fused-ring (bicyclic) bond motifs is 1. The lowest BCUT2D eigenvalue weighted by molar-refractivity contribution is 0.0864. The fraction of sp³-hybridized carbons (Fsp3) is 0.588. The third kappa shape index (κ3) is 3.26. The maximum Gasteiger partial charge on any atom is 0.328 e. The van der Waals surface area contributed by atoms with Gasteiger partial charge >= 0.3 is 5.69 Å². The molecule has 25 heavy (non-hydrogen) atoms. The summed E-state index contributed by atoms with van der Waals surface area (Å²) in [6.07, 6.45) is 1.82. The highest BCUT2D eigenvalue weighted by Crippen LogP contribution is 2.26. The minimum Gasteiger partial charge on any atom is -0.381 e. The van der Waals surface area contributed by atoms with E-state index in [-0.39, 0.29) is 16.5 Å². The Balaban J connectivity index is 1.93. The molecule has 7 nitrogen and oxygen atoms in total. The van der Waals surface area contributed by atoms with Crippen molar-refractivity contribution >= 4 is 21.1 Å². The highest BCUT2D eigenvalue weighted by Gasteiger charge is 2.30. The first-order valence-corrected chi connectivity index (χ1v) is 10.0. The number of hydrogen-bond acceptors (Lipinski definition) is 4. The highest BCUT2D eigenvalue weighted by atomic mass is 32.2. The third-order valence-electron chi connectivity index (χ3n) is 4.92. The first-order valence-electron chi connectivity index (χ1n) is 8.59. The Morgan fingerprint density at radius 3 is 2.64 bits per heavy atom. The van der Waals surface area contributed by atoms with Gasteiger partial charge in [0.15, 0.2) is 0 Å². The molecule has 1 aromatic carbocycles. The molecule has 1 atom stereocenters. The molecule has 8 heteroatoms. The van der Waals surface area contributed by atoms with Crippen LogP contribution in [0, 0.1) is 5.92 Å². The van der Waals surface area contributed by atoms with Crippen molar-refractivity contribution in [2.24, 2.45) is 20.0 Å². The van der Waals surface area contributed by atoms with Crippen molar-refractivity contribution in [1.82, 2.24) is 13.4 Å². The first kappa shape index (κ1) is 18.2. The monoisotopic (exact) mass is 367 g/mol. The predicted molar refractivity (Wildman–Crippen MR) is 96.1 cm³/mol. The number of sulfonamides is 1. The quantitative estimate of drug-likeness (QED) is 0.799. The van der Waals surface area contributed by atoms with Gasteiger partial charge in [0.25, 0.3) is 0 Å². The summed E-state index contributed by atoms with van der Waals surface area (Å²) in [4.78, 5) is 12.3. The summed E-state index contributed by atoms with van der Waals surface area (Å²) in [6.45, 7) is 4.18. The second kappa shape index (κ2) is 6.93. The fourth-order valence-corrected chi connectivity index (χ4v) is 5.04. The largest absolute Gasteiger partial charge is 0.381 e. The predicted octanol–water partition coefficient (Wildman–Crippen LogP) is 1.31. The molecule has 0 N–H and O–H groups in total. The number of hydrogen-bond donors (Lipinski definition) is 0. The highest BCUT2D eigenvalue weighted by molar-refractivity contribution is 7.89. The van der Waals surface area contributed by atoms with Gasteiger partial charge in [-0.1, -0.05) is 0 Å². The molecule has 1 aliphatic heterocycles. The van der Waals surface area contributed by atoms with Gasteiger partial charge in [0.05, 0.1) is 22.5 Å². The molecular formula is C17H25N3O4S. The zero-order valence-corrected chi connectivity index (χ0v) is 15.8. The lowest BCUT2D eigenvalue weighted by Gasteiger charge is -2.31. The Morgan fingerprint density at radius 2 is 1.92 bits per heavy atom. The Hall–Kier alpha value is -1.64. The summed E-state index contributed by atoms with van der Waals surface area (Å²) < 4.78 is 36.1. The zero-order chi connectivity index (χ0) is 18.2. The van der Waals surface area contributed by atoms with Crippen LogP contribution in [0.25, 0.3) is 11.0 Å². The number of aromatic nitrogens is 2. The average Bonchev–Trinajstić information content (AvgIpc) is 2.84. The van der Waals surface area contributed by atoms with Gasteiger partial charge in [0.2, 0.25) is 10.0 Å². The molecule has 0 amide bonds. The topological polar surface area (TPSA) is 73.5 Å². The van der Waals surface area contributed by atoms with Gasteiger partial charge in [-0.2, -0.15) is 4.31 Å². The van der Waals surface area contributed by atoms with E-state index in [1.54, 1.807) is 36.6 Å². The summed E-state index contributed by atoms with van der Waals surface area (Å²) in [5, 5.41) is 0. The van der Waals surface area contributed by atoms with Gasteiger partial charge in [-0.25, -0.2) is 13.2 Å². The van der Waals surface area contributed by atoms with Crippen LogP contribution in [0.5, 0.6) is 0 Å². The van der Waals surface area contributed by atoms with Crippen molar-refractivity contribution in [3.8, 4) is 0 Å². The van der Waals surface area contributed by atoms with Crippen LogP contribution >= 0.6 is 0 Å². The van der Waals surface area contributed by atoms with Gasteiger partial charge in [-0.3, -0.25) is 9.13 Å². The zero-order valence-electron chi connectivity index (χ0n) is 14.9. The van der Waals surface area contributed by atoms with Crippen LogP contribution in [0.1, 0.15) is 19.8 Å². The average molecular weight is 367 g/mol. The molecule has 1 saturated heterocycles. The molecule has 1 aliphatic rings. The Bertz CT molecular complexity index is 929. The maximum absolute atomic E-state index is 13.0. The maximum atomic E-state index is 13.0. The number of rotatable bonds is 5. The van der Waals surface area contributed by atoms with Gasteiger partial charge < -0.3 is 4.74 Å². The van der Waals surface area contributed by atoms with E-state index in [1.165, 1.54) is 9.13 Å².